The Morgan fingerprint density at radius 1 is 1.23 bits per heavy atom. The molecule has 0 aliphatic heterocycles. The number of pyridine rings is 1. The highest BCUT2D eigenvalue weighted by molar-refractivity contribution is 5.98. The Balaban J connectivity index is 2.50. The molecule has 2 aromatic rings. The van der Waals surface area contributed by atoms with E-state index in [1.165, 1.54) is 12.1 Å². The van der Waals surface area contributed by atoms with Crippen LogP contribution in [0.25, 0.3) is 0 Å². The molecule has 1 aromatic heterocycles. The van der Waals surface area contributed by atoms with E-state index < -0.39 is 17.9 Å². The lowest BCUT2D eigenvalue weighted by molar-refractivity contribution is -0.138. The van der Waals surface area contributed by atoms with Crippen molar-refractivity contribution < 1.29 is 13.2 Å². The monoisotopic (exact) mass is 363 g/mol. The zero-order chi connectivity index (χ0) is 19.2. The third kappa shape index (κ3) is 4.45. The smallest absolute Gasteiger partial charge is 0.334 e. The molecule has 26 heavy (non-hydrogen) atoms. The van der Waals surface area contributed by atoms with Crippen LogP contribution in [0.15, 0.2) is 58.8 Å². The first-order valence-corrected chi connectivity index (χ1v) is 7.84. The Kier molecular flexibility index (Phi) is 6.46. The van der Waals surface area contributed by atoms with Crippen molar-refractivity contribution in [3.8, 4) is 0 Å². The minimum absolute atomic E-state index is 0.0173. The second kappa shape index (κ2) is 8.57. The predicted octanol–water partition coefficient (Wildman–Crippen LogP) is 3.36. The number of aliphatic imine (C=N–C) groups is 2. The van der Waals surface area contributed by atoms with E-state index in [9.17, 15) is 13.2 Å². The van der Waals surface area contributed by atoms with Gasteiger partial charge in [0, 0.05) is 30.6 Å². The van der Waals surface area contributed by atoms with Crippen LogP contribution in [0, 0.1) is 0 Å². The zero-order valence-electron chi connectivity index (χ0n) is 14.5. The molecule has 0 radical (unpaired) electrons. The molecule has 2 rings (SSSR count). The van der Waals surface area contributed by atoms with Crippen molar-refractivity contribution in [2.24, 2.45) is 9.98 Å². The van der Waals surface area contributed by atoms with E-state index in [1.54, 1.807) is 49.6 Å². The number of benzene rings is 1. The van der Waals surface area contributed by atoms with E-state index in [-0.39, 0.29) is 5.56 Å². The van der Waals surface area contributed by atoms with Crippen molar-refractivity contribution in [2.75, 3.05) is 20.8 Å². The summed E-state index contributed by atoms with van der Waals surface area (Å²) in [5.41, 5.74) is -0.00783. The molecule has 1 unspecified atom stereocenters. The van der Waals surface area contributed by atoms with Gasteiger partial charge < -0.3 is 10.2 Å². The van der Waals surface area contributed by atoms with Crippen LogP contribution in [0.5, 0.6) is 0 Å². The number of aromatic nitrogens is 1. The minimum atomic E-state index is -4.49. The Morgan fingerprint density at radius 3 is 2.46 bits per heavy atom. The molecule has 0 saturated heterocycles. The number of rotatable bonds is 6. The molecule has 8 heteroatoms. The summed E-state index contributed by atoms with van der Waals surface area (Å²) in [6, 6.07) is 8.82. The topological polar surface area (TPSA) is 52.9 Å². The molecule has 138 valence electrons. The van der Waals surface area contributed by atoms with Crippen LogP contribution < -0.4 is 5.32 Å². The summed E-state index contributed by atoms with van der Waals surface area (Å²) >= 11 is 0. The van der Waals surface area contributed by atoms with Gasteiger partial charge in [-0.15, -0.1) is 0 Å². The van der Waals surface area contributed by atoms with Gasteiger partial charge in [0.15, 0.2) is 0 Å². The fourth-order valence-corrected chi connectivity index (χ4v) is 2.59. The molecular formula is C18H20F3N5. The van der Waals surface area contributed by atoms with Crippen molar-refractivity contribution in [1.82, 2.24) is 15.2 Å². The molecule has 0 fully saturated rings. The van der Waals surface area contributed by atoms with Gasteiger partial charge in [0.2, 0.25) is 0 Å². The highest BCUT2D eigenvalue weighted by Crippen LogP contribution is 2.36. The van der Waals surface area contributed by atoms with Gasteiger partial charge in [-0.25, -0.2) is 0 Å². The van der Waals surface area contributed by atoms with Crippen molar-refractivity contribution in [1.29, 1.82) is 0 Å². The molecular weight excluding hydrogens is 343 g/mol. The molecule has 0 spiro atoms. The fourth-order valence-electron chi connectivity index (χ4n) is 2.59. The number of alkyl halides is 3. The van der Waals surface area contributed by atoms with Crippen LogP contribution in [0.3, 0.4) is 0 Å². The molecule has 1 heterocycles. The molecule has 5 nitrogen and oxygen atoms in total. The van der Waals surface area contributed by atoms with E-state index in [1.807, 2.05) is 0 Å². The highest BCUT2D eigenvalue weighted by atomic mass is 19.4. The summed E-state index contributed by atoms with van der Waals surface area (Å²) in [5, 5.41) is 2.90. The lowest BCUT2D eigenvalue weighted by Gasteiger charge is -2.30. The zero-order valence-corrected chi connectivity index (χ0v) is 14.5. The average Bonchev–Trinajstić information content (AvgIpc) is 2.63. The number of hydrogen-bond donors (Lipinski definition) is 1. The summed E-state index contributed by atoms with van der Waals surface area (Å²) < 4.78 is 40.2. The van der Waals surface area contributed by atoms with Gasteiger partial charge in [0.1, 0.15) is 12.0 Å². The standard InChI is InChI=1S/C18H20F3N5/c1-22-12-25-16(13-8-10-24-11-9-13)26(3)17(23-2)14-6-4-5-7-15(14)18(19,20)21/h4-11,17,22H,2,12H2,1,3H3/b25-16-. The van der Waals surface area contributed by atoms with Crippen LogP contribution in [-0.4, -0.2) is 43.2 Å². The van der Waals surface area contributed by atoms with E-state index in [0.29, 0.717) is 12.5 Å². The molecule has 0 amide bonds. The first-order chi connectivity index (χ1) is 12.4. The molecule has 1 aromatic carbocycles. The lowest BCUT2D eigenvalue weighted by Crippen LogP contribution is -2.33. The Bertz CT molecular complexity index is 759. The second-order valence-electron chi connectivity index (χ2n) is 5.48. The Hall–Kier alpha value is -2.74. The molecule has 1 atom stereocenters. The van der Waals surface area contributed by atoms with Crippen molar-refractivity contribution in [3.05, 3.63) is 65.5 Å². The molecule has 1 N–H and O–H groups in total. The van der Waals surface area contributed by atoms with Crippen LogP contribution >= 0.6 is 0 Å². The first-order valence-electron chi connectivity index (χ1n) is 7.84. The largest absolute Gasteiger partial charge is 0.416 e. The van der Waals surface area contributed by atoms with E-state index in [4.69, 9.17) is 0 Å². The van der Waals surface area contributed by atoms with Crippen LogP contribution in [0.2, 0.25) is 0 Å². The minimum Gasteiger partial charge on any atom is -0.334 e. The van der Waals surface area contributed by atoms with E-state index in [0.717, 1.165) is 11.6 Å². The highest BCUT2D eigenvalue weighted by Gasteiger charge is 2.36. The summed E-state index contributed by atoms with van der Waals surface area (Å²) in [4.78, 5) is 13.9. The maximum Gasteiger partial charge on any atom is 0.416 e. The van der Waals surface area contributed by atoms with Gasteiger partial charge in [0.25, 0.3) is 0 Å². The van der Waals surface area contributed by atoms with Crippen LogP contribution in [0.4, 0.5) is 13.2 Å². The van der Waals surface area contributed by atoms with Gasteiger partial charge in [-0.05, 0) is 32.0 Å². The number of amidine groups is 1. The van der Waals surface area contributed by atoms with Gasteiger partial charge in [0.05, 0.1) is 12.2 Å². The molecule has 0 aliphatic carbocycles. The summed E-state index contributed by atoms with van der Waals surface area (Å²) in [6.07, 6.45) is -2.24. The Labute approximate surface area is 150 Å². The van der Waals surface area contributed by atoms with Gasteiger partial charge in [-0.3, -0.25) is 15.0 Å². The summed E-state index contributed by atoms with van der Waals surface area (Å²) in [7, 11) is 3.37. The maximum absolute atomic E-state index is 13.4. The molecule has 0 saturated carbocycles. The van der Waals surface area contributed by atoms with Gasteiger partial charge in [-0.2, -0.15) is 13.2 Å². The SMILES string of the molecule is C=NC(c1ccccc1C(F)(F)F)N(C)/C(=N\CNC)c1ccncc1. The number of halogens is 3. The van der Waals surface area contributed by atoms with Gasteiger partial charge in [-0.1, -0.05) is 18.2 Å². The summed E-state index contributed by atoms with van der Waals surface area (Å²) in [5.74, 6) is 0.483. The lowest BCUT2D eigenvalue weighted by atomic mass is 10.0. The third-order valence-electron chi connectivity index (χ3n) is 3.74. The normalized spacial score (nSPS) is 13.3. The van der Waals surface area contributed by atoms with Crippen LogP contribution in [0.1, 0.15) is 22.9 Å². The van der Waals surface area contributed by atoms with Gasteiger partial charge >= 0.3 is 6.18 Å². The van der Waals surface area contributed by atoms with E-state index >= 15 is 0 Å². The molecule has 0 bridgehead atoms. The van der Waals surface area contributed by atoms with Crippen molar-refractivity contribution >= 4 is 12.6 Å². The van der Waals surface area contributed by atoms with Crippen molar-refractivity contribution in [2.45, 2.75) is 12.3 Å². The number of nitrogens with zero attached hydrogens (tertiary/aromatic N) is 4. The second-order valence-corrected chi connectivity index (χ2v) is 5.48. The maximum atomic E-state index is 13.4. The first kappa shape index (κ1) is 19.6. The Morgan fingerprint density at radius 2 is 1.88 bits per heavy atom. The third-order valence-corrected chi connectivity index (χ3v) is 3.74. The fraction of sp³-hybridized carbons (Fsp3) is 0.278. The quantitative estimate of drug-likeness (QED) is 0.633. The number of nitrogens with one attached hydrogen (secondary N) is 1. The predicted molar refractivity (Wildman–Crippen MR) is 96.2 cm³/mol. The average molecular weight is 363 g/mol. The van der Waals surface area contributed by atoms with Crippen molar-refractivity contribution in [3.63, 3.8) is 0 Å². The number of hydrogen-bond acceptors (Lipinski definition) is 4. The van der Waals surface area contributed by atoms with Crippen LogP contribution in [-0.2, 0) is 6.18 Å². The molecule has 0 aliphatic rings. The van der Waals surface area contributed by atoms with E-state index in [2.05, 4.69) is 27.0 Å². The summed E-state index contributed by atoms with van der Waals surface area (Å²) in [6.45, 7) is 3.79.